The van der Waals surface area contributed by atoms with Gasteiger partial charge in [0.05, 0.1) is 12.8 Å². The highest BCUT2D eigenvalue weighted by Gasteiger charge is 2.27. The first kappa shape index (κ1) is 26.3. The molecule has 1 fully saturated rings. The Bertz CT molecular complexity index is 1200. The molecule has 8 nitrogen and oxygen atoms in total. The second kappa shape index (κ2) is 11.6. The molecule has 0 radical (unpaired) electrons. The molecule has 1 saturated heterocycles. The predicted molar refractivity (Wildman–Crippen MR) is 142 cm³/mol. The van der Waals surface area contributed by atoms with E-state index in [9.17, 15) is 9.18 Å². The number of carbonyl (C=O) groups excluding carboxylic acids is 1. The summed E-state index contributed by atoms with van der Waals surface area (Å²) in [6.45, 7) is 8.43. The average molecular weight is 508 g/mol. The molecule has 3 aromatic rings. The highest BCUT2D eigenvalue weighted by atomic mass is 19.1. The van der Waals surface area contributed by atoms with Crippen molar-refractivity contribution in [1.82, 2.24) is 15.3 Å². The van der Waals surface area contributed by atoms with Gasteiger partial charge in [-0.05, 0) is 53.8 Å². The molecule has 1 aromatic heterocycles. The Balaban J connectivity index is 1.35. The van der Waals surface area contributed by atoms with Gasteiger partial charge < -0.3 is 25.0 Å². The largest absolute Gasteiger partial charge is 0.491 e. The van der Waals surface area contributed by atoms with E-state index in [1.807, 2.05) is 53.4 Å². The van der Waals surface area contributed by atoms with Crippen molar-refractivity contribution >= 4 is 23.4 Å². The van der Waals surface area contributed by atoms with Crippen molar-refractivity contribution in [3.63, 3.8) is 0 Å². The first-order valence-corrected chi connectivity index (χ1v) is 12.4. The minimum absolute atomic E-state index is 0.0260. The third kappa shape index (κ3) is 6.95. The lowest BCUT2D eigenvalue weighted by molar-refractivity contribution is 0.0940. The maximum absolute atomic E-state index is 14.6. The van der Waals surface area contributed by atoms with Gasteiger partial charge in [-0.15, -0.1) is 0 Å². The minimum atomic E-state index is -0.503. The molecule has 0 aliphatic carbocycles. The Morgan fingerprint density at radius 1 is 1.11 bits per heavy atom. The molecular formula is C28H34FN5O3. The first-order valence-electron chi connectivity index (χ1n) is 12.4. The number of nitrogens with one attached hydrogen (secondary N) is 2. The number of halogens is 1. The number of carbonyl (C=O) groups is 1. The van der Waals surface area contributed by atoms with Crippen molar-refractivity contribution in [1.29, 1.82) is 0 Å². The zero-order valence-corrected chi connectivity index (χ0v) is 21.8. The van der Waals surface area contributed by atoms with Crippen LogP contribution in [0, 0.1) is 5.82 Å². The van der Waals surface area contributed by atoms with E-state index in [2.05, 4.69) is 41.4 Å². The number of hydrogen-bond donors (Lipinski definition) is 2. The van der Waals surface area contributed by atoms with Crippen molar-refractivity contribution in [2.75, 3.05) is 43.6 Å². The highest BCUT2D eigenvalue weighted by Crippen LogP contribution is 2.25. The van der Waals surface area contributed by atoms with Gasteiger partial charge >= 0.3 is 0 Å². The van der Waals surface area contributed by atoms with Crippen LogP contribution < -0.4 is 20.3 Å². The van der Waals surface area contributed by atoms with Gasteiger partial charge in [-0.3, -0.25) is 4.79 Å². The van der Waals surface area contributed by atoms with Gasteiger partial charge in [0.15, 0.2) is 11.6 Å². The lowest BCUT2D eigenvalue weighted by Gasteiger charge is -2.20. The van der Waals surface area contributed by atoms with Gasteiger partial charge in [-0.1, -0.05) is 32.9 Å². The number of hydrogen-bond acceptors (Lipinski definition) is 7. The highest BCUT2D eigenvalue weighted by molar-refractivity contribution is 5.94. The molecule has 4 rings (SSSR count). The molecule has 0 saturated carbocycles. The van der Waals surface area contributed by atoms with E-state index >= 15 is 0 Å². The normalized spacial score (nSPS) is 15.5. The Morgan fingerprint density at radius 3 is 2.51 bits per heavy atom. The Morgan fingerprint density at radius 2 is 1.84 bits per heavy atom. The van der Waals surface area contributed by atoms with E-state index in [-0.39, 0.29) is 29.1 Å². The summed E-state index contributed by atoms with van der Waals surface area (Å²) in [6.07, 6.45) is 1.86. The van der Waals surface area contributed by atoms with Crippen LogP contribution in [0.5, 0.6) is 5.75 Å². The fraction of sp³-hybridized carbons (Fsp3) is 0.393. The lowest BCUT2D eigenvalue weighted by Crippen LogP contribution is -2.37. The summed E-state index contributed by atoms with van der Waals surface area (Å²) in [5.74, 6) is 0.586. The van der Waals surface area contributed by atoms with Crippen LogP contribution in [0.4, 0.5) is 21.8 Å². The van der Waals surface area contributed by atoms with Gasteiger partial charge in [0.25, 0.3) is 5.91 Å². The summed E-state index contributed by atoms with van der Waals surface area (Å²) >= 11 is 0. The minimum Gasteiger partial charge on any atom is -0.491 e. The molecule has 0 bridgehead atoms. The van der Waals surface area contributed by atoms with Crippen molar-refractivity contribution in [3.8, 4) is 5.75 Å². The maximum Gasteiger partial charge on any atom is 0.251 e. The van der Waals surface area contributed by atoms with Gasteiger partial charge in [-0.2, -0.15) is 4.98 Å². The summed E-state index contributed by atoms with van der Waals surface area (Å²) in [5, 5.41) is 6.17. The molecule has 1 atom stereocenters. The van der Waals surface area contributed by atoms with Gasteiger partial charge in [0.1, 0.15) is 12.4 Å². The smallest absolute Gasteiger partial charge is 0.251 e. The number of aromatic nitrogens is 2. The molecule has 2 heterocycles. The molecule has 1 aliphatic rings. The number of benzene rings is 2. The molecule has 9 heteroatoms. The average Bonchev–Trinajstić information content (AvgIpc) is 3.34. The molecule has 196 valence electrons. The fourth-order valence-corrected chi connectivity index (χ4v) is 4.11. The maximum atomic E-state index is 14.6. The summed E-state index contributed by atoms with van der Waals surface area (Å²) in [7, 11) is 1.62. The molecule has 0 spiro atoms. The SMILES string of the molecule is COCCOc1ccc(Nc2ncc(F)c(N3CC[C@H](NC(=O)c4ccc(C(C)(C)C)cc4)C3)n2)cc1. The van der Waals surface area contributed by atoms with Crippen LogP contribution in [0.3, 0.4) is 0 Å². The van der Waals surface area contributed by atoms with Crippen molar-refractivity contribution in [2.45, 2.75) is 38.6 Å². The van der Waals surface area contributed by atoms with Crippen LogP contribution in [-0.2, 0) is 10.2 Å². The number of amides is 1. The van der Waals surface area contributed by atoms with E-state index < -0.39 is 5.82 Å². The number of nitrogens with zero attached hydrogens (tertiary/aromatic N) is 3. The third-order valence-electron chi connectivity index (χ3n) is 6.23. The topological polar surface area (TPSA) is 88.6 Å². The van der Waals surface area contributed by atoms with Crippen LogP contribution in [-0.4, -0.2) is 55.3 Å². The van der Waals surface area contributed by atoms with E-state index in [0.717, 1.165) is 17.6 Å². The van der Waals surface area contributed by atoms with E-state index in [0.29, 0.717) is 38.3 Å². The summed E-state index contributed by atoms with van der Waals surface area (Å²) < 4.78 is 25.2. The third-order valence-corrected chi connectivity index (χ3v) is 6.23. The first-order chi connectivity index (χ1) is 17.7. The molecule has 1 aliphatic heterocycles. The Labute approximate surface area is 217 Å². The van der Waals surface area contributed by atoms with Crippen LogP contribution >= 0.6 is 0 Å². The lowest BCUT2D eigenvalue weighted by atomic mass is 9.86. The number of methoxy groups -OCH3 is 1. The second-order valence-electron chi connectivity index (χ2n) is 10.1. The number of ether oxygens (including phenoxy) is 2. The van der Waals surface area contributed by atoms with Crippen LogP contribution in [0.2, 0.25) is 0 Å². The summed E-state index contributed by atoms with van der Waals surface area (Å²) in [5.41, 5.74) is 2.56. The van der Waals surface area contributed by atoms with Gasteiger partial charge in [0.2, 0.25) is 5.95 Å². The van der Waals surface area contributed by atoms with Crippen molar-refractivity contribution in [3.05, 3.63) is 71.7 Å². The van der Waals surface area contributed by atoms with E-state index in [1.165, 1.54) is 5.56 Å². The fourth-order valence-electron chi connectivity index (χ4n) is 4.11. The molecule has 0 unspecified atom stereocenters. The van der Waals surface area contributed by atoms with Crippen LogP contribution in [0.1, 0.15) is 43.1 Å². The number of anilines is 3. The van der Waals surface area contributed by atoms with Gasteiger partial charge in [-0.25, -0.2) is 9.37 Å². The molecule has 2 N–H and O–H groups in total. The molecule has 2 aromatic carbocycles. The zero-order chi connectivity index (χ0) is 26.4. The number of rotatable bonds is 9. The second-order valence-corrected chi connectivity index (χ2v) is 10.1. The zero-order valence-electron chi connectivity index (χ0n) is 21.8. The summed E-state index contributed by atoms with van der Waals surface area (Å²) in [6, 6.07) is 14.9. The van der Waals surface area contributed by atoms with E-state index in [4.69, 9.17) is 9.47 Å². The Hall–Kier alpha value is -3.72. The van der Waals surface area contributed by atoms with Crippen LogP contribution in [0.25, 0.3) is 0 Å². The Kier molecular flexibility index (Phi) is 8.23. The van der Waals surface area contributed by atoms with Crippen molar-refractivity contribution in [2.24, 2.45) is 0 Å². The predicted octanol–water partition coefficient (Wildman–Crippen LogP) is 4.69. The van der Waals surface area contributed by atoms with Crippen molar-refractivity contribution < 1.29 is 18.7 Å². The van der Waals surface area contributed by atoms with Crippen LogP contribution in [0.15, 0.2) is 54.7 Å². The molecular weight excluding hydrogens is 473 g/mol. The van der Waals surface area contributed by atoms with Gasteiger partial charge in [0, 0.05) is 37.5 Å². The standard InChI is InChI=1S/C28H34FN5O3/c1-28(2,3)20-7-5-19(6-8-20)26(35)31-22-13-14-34(18-22)25-24(29)17-30-27(33-25)32-21-9-11-23(12-10-21)37-16-15-36-4/h5-12,17,22H,13-16,18H2,1-4H3,(H,31,35)(H,30,32,33)/t22-/m0/s1. The quantitative estimate of drug-likeness (QED) is 0.406. The van der Waals surface area contributed by atoms with E-state index in [1.54, 1.807) is 7.11 Å². The molecule has 1 amide bonds. The summed E-state index contributed by atoms with van der Waals surface area (Å²) in [4.78, 5) is 23.1. The molecule has 37 heavy (non-hydrogen) atoms. The monoisotopic (exact) mass is 507 g/mol.